The first-order valence-electron chi connectivity index (χ1n) is 5.62. The molecule has 0 amide bonds. The van der Waals surface area contributed by atoms with Gasteiger partial charge in [-0.2, -0.15) is 5.26 Å². The van der Waals surface area contributed by atoms with E-state index in [0.717, 1.165) is 15.7 Å². The lowest BCUT2D eigenvalue weighted by Gasteiger charge is -2.12. The minimum Gasteiger partial charge on any atom is -0.435 e. The highest BCUT2D eigenvalue weighted by Gasteiger charge is 2.12. The van der Waals surface area contributed by atoms with Crippen molar-refractivity contribution in [1.82, 2.24) is 4.98 Å². The average Bonchev–Trinajstić information content (AvgIpc) is 2.34. The molecule has 19 heavy (non-hydrogen) atoms. The smallest absolute Gasteiger partial charge is 0.237 e. The zero-order valence-electron chi connectivity index (χ0n) is 10.6. The van der Waals surface area contributed by atoms with Crippen molar-refractivity contribution in [2.75, 3.05) is 5.73 Å². The minimum absolute atomic E-state index is 0.277. The topological polar surface area (TPSA) is 71.9 Å². The van der Waals surface area contributed by atoms with Crippen LogP contribution in [-0.4, -0.2) is 4.98 Å². The van der Waals surface area contributed by atoms with Gasteiger partial charge < -0.3 is 10.5 Å². The van der Waals surface area contributed by atoms with E-state index >= 15 is 0 Å². The zero-order valence-corrected chi connectivity index (χ0v) is 12.2. The maximum Gasteiger partial charge on any atom is 0.237 e. The SMILES string of the molecule is Cc1ccc(C#N)c(Oc2c(C)cc(Br)cc2N)n1. The molecule has 0 spiro atoms. The van der Waals surface area contributed by atoms with E-state index < -0.39 is 0 Å². The van der Waals surface area contributed by atoms with E-state index in [1.54, 1.807) is 18.2 Å². The van der Waals surface area contributed by atoms with Crippen LogP contribution < -0.4 is 10.5 Å². The number of nitrogens with two attached hydrogens (primary N) is 1. The Morgan fingerprint density at radius 2 is 2.05 bits per heavy atom. The quantitative estimate of drug-likeness (QED) is 0.857. The number of anilines is 1. The summed E-state index contributed by atoms with van der Waals surface area (Å²) in [6, 6.07) is 9.16. The van der Waals surface area contributed by atoms with E-state index in [0.29, 0.717) is 17.0 Å². The number of rotatable bonds is 2. The monoisotopic (exact) mass is 317 g/mol. The lowest BCUT2D eigenvalue weighted by molar-refractivity contribution is 0.459. The van der Waals surface area contributed by atoms with Crippen molar-refractivity contribution in [3.8, 4) is 17.7 Å². The number of nitriles is 1. The highest BCUT2D eigenvalue weighted by Crippen LogP contribution is 2.34. The van der Waals surface area contributed by atoms with Crippen molar-refractivity contribution in [3.05, 3.63) is 45.6 Å². The van der Waals surface area contributed by atoms with Crippen LogP contribution in [-0.2, 0) is 0 Å². The van der Waals surface area contributed by atoms with E-state index in [4.69, 9.17) is 15.7 Å². The Balaban J connectivity index is 2.48. The third-order valence-corrected chi connectivity index (χ3v) is 3.04. The van der Waals surface area contributed by atoms with Crippen LogP contribution in [0.2, 0.25) is 0 Å². The maximum absolute atomic E-state index is 9.06. The van der Waals surface area contributed by atoms with Crippen molar-refractivity contribution in [3.63, 3.8) is 0 Å². The molecule has 0 bridgehead atoms. The second kappa shape index (κ2) is 5.29. The fraction of sp³-hybridized carbons (Fsp3) is 0.143. The van der Waals surface area contributed by atoms with Gasteiger partial charge >= 0.3 is 0 Å². The van der Waals surface area contributed by atoms with Crippen molar-refractivity contribution < 1.29 is 4.74 Å². The van der Waals surface area contributed by atoms with Crippen molar-refractivity contribution in [2.45, 2.75) is 13.8 Å². The Bertz CT molecular complexity index is 654. The van der Waals surface area contributed by atoms with Gasteiger partial charge in [0.1, 0.15) is 11.6 Å². The van der Waals surface area contributed by atoms with Gasteiger partial charge in [-0.1, -0.05) is 15.9 Å². The van der Waals surface area contributed by atoms with Gasteiger partial charge in [-0.15, -0.1) is 0 Å². The highest BCUT2D eigenvalue weighted by atomic mass is 79.9. The van der Waals surface area contributed by atoms with Crippen LogP contribution in [0.1, 0.15) is 16.8 Å². The van der Waals surface area contributed by atoms with E-state index in [9.17, 15) is 0 Å². The van der Waals surface area contributed by atoms with Crippen LogP contribution in [0.25, 0.3) is 0 Å². The number of nitrogen functional groups attached to an aromatic ring is 1. The summed E-state index contributed by atoms with van der Waals surface area (Å²) >= 11 is 3.37. The van der Waals surface area contributed by atoms with Gasteiger partial charge in [-0.05, 0) is 43.7 Å². The second-order valence-electron chi connectivity index (χ2n) is 4.16. The number of aromatic nitrogens is 1. The van der Waals surface area contributed by atoms with Gasteiger partial charge in [0.2, 0.25) is 5.88 Å². The van der Waals surface area contributed by atoms with Crippen LogP contribution in [0.3, 0.4) is 0 Å². The molecule has 0 aliphatic heterocycles. The van der Waals surface area contributed by atoms with Gasteiger partial charge in [-0.25, -0.2) is 4.98 Å². The summed E-state index contributed by atoms with van der Waals surface area (Å²) in [4.78, 5) is 4.23. The molecule has 0 saturated carbocycles. The van der Waals surface area contributed by atoms with Gasteiger partial charge in [0.25, 0.3) is 0 Å². The van der Waals surface area contributed by atoms with Gasteiger partial charge in [-0.3, -0.25) is 0 Å². The predicted octanol–water partition coefficient (Wildman–Crippen LogP) is 3.71. The molecule has 4 nitrogen and oxygen atoms in total. The van der Waals surface area contributed by atoms with Crippen molar-refractivity contribution in [1.29, 1.82) is 5.26 Å². The molecule has 0 atom stereocenters. The Kier molecular flexibility index (Phi) is 3.72. The van der Waals surface area contributed by atoms with E-state index in [-0.39, 0.29) is 5.88 Å². The van der Waals surface area contributed by atoms with E-state index in [1.807, 2.05) is 19.9 Å². The van der Waals surface area contributed by atoms with Crippen LogP contribution in [0.15, 0.2) is 28.7 Å². The molecule has 0 aliphatic rings. The molecule has 1 aromatic heterocycles. The molecule has 0 aliphatic carbocycles. The maximum atomic E-state index is 9.06. The molecular weight excluding hydrogens is 306 g/mol. The lowest BCUT2D eigenvalue weighted by atomic mass is 10.2. The standard InChI is InChI=1S/C14H12BrN3O/c1-8-5-11(15)6-12(17)13(8)19-14-10(7-16)4-3-9(2)18-14/h3-6H,17H2,1-2H3. The number of ether oxygens (including phenoxy) is 1. The van der Waals surface area contributed by atoms with Crippen LogP contribution in [0.4, 0.5) is 5.69 Å². The summed E-state index contributed by atoms with van der Waals surface area (Å²) in [7, 11) is 0. The minimum atomic E-state index is 0.277. The van der Waals surface area contributed by atoms with Crippen molar-refractivity contribution in [2.24, 2.45) is 0 Å². The average molecular weight is 318 g/mol. The van der Waals surface area contributed by atoms with E-state index in [1.165, 1.54) is 0 Å². The summed E-state index contributed by atoms with van der Waals surface area (Å²) in [5.74, 6) is 0.803. The van der Waals surface area contributed by atoms with Crippen LogP contribution in [0, 0.1) is 25.2 Å². The molecule has 0 unspecified atom stereocenters. The second-order valence-corrected chi connectivity index (χ2v) is 5.08. The summed E-state index contributed by atoms with van der Waals surface area (Å²) in [6.45, 7) is 3.73. The van der Waals surface area contributed by atoms with Crippen LogP contribution in [0.5, 0.6) is 11.6 Å². The molecule has 2 N–H and O–H groups in total. The van der Waals surface area contributed by atoms with Gasteiger partial charge in [0, 0.05) is 10.2 Å². The molecule has 1 heterocycles. The molecule has 5 heteroatoms. The number of benzene rings is 1. The fourth-order valence-corrected chi connectivity index (χ4v) is 2.28. The Hall–Kier alpha value is -2.06. The Morgan fingerprint density at radius 1 is 1.32 bits per heavy atom. The number of pyridine rings is 1. The third-order valence-electron chi connectivity index (χ3n) is 2.59. The first kappa shape index (κ1) is 13.4. The number of hydrogen-bond donors (Lipinski definition) is 1. The summed E-state index contributed by atoms with van der Waals surface area (Å²) in [5, 5.41) is 9.06. The summed E-state index contributed by atoms with van der Waals surface area (Å²) in [5.41, 5.74) is 8.47. The molecule has 96 valence electrons. The fourth-order valence-electron chi connectivity index (χ4n) is 1.69. The zero-order chi connectivity index (χ0) is 14.0. The largest absolute Gasteiger partial charge is 0.435 e. The van der Waals surface area contributed by atoms with Crippen molar-refractivity contribution >= 4 is 21.6 Å². The molecular formula is C14H12BrN3O. The molecule has 2 aromatic rings. The first-order valence-corrected chi connectivity index (χ1v) is 6.42. The summed E-state index contributed by atoms with van der Waals surface area (Å²) < 4.78 is 6.60. The third kappa shape index (κ3) is 2.85. The highest BCUT2D eigenvalue weighted by molar-refractivity contribution is 9.10. The predicted molar refractivity (Wildman–Crippen MR) is 77.1 cm³/mol. The number of hydrogen-bond acceptors (Lipinski definition) is 4. The molecule has 2 rings (SSSR count). The Labute approximate surface area is 120 Å². The summed E-state index contributed by atoms with van der Waals surface area (Å²) in [6.07, 6.45) is 0. The van der Waals surface area contributed by atoms with Gasteiger partial charge in [0.05, 0.1) is 5.69 Å². The molecule has 0 saturated heterocycles. The molecule has 0 radical (unpaired) electrons. The van der Waals surface area contributed by atoms with Crippen LogP contribution >= 0.6 is 15.9 Å². The molecule has 1 aromatic carbocycles. The molecule has 0 fully saturated rings. The normalized spacial score (nSPS) is 10.0. The Morgan fingerprint density at radius 3 is 2.68 bits per heavy atom. The van der Waals surface area contributed by atoms with Gasteiger partial charge in [0.15, 0.2) is 5.75 Å². The number of nitrogens with zero attached hydrogens (tertiary/aromatic N) is 2. The first-order chi connectivity index (χ1) is 9.01. The number of aryl methyl sites for hydroxylation is 2. The number of halogens is 1. The van der Waals surface area contributed by atoms with E-state index in [2.05, 4.69) is 27.0 Å². The lowest BCUT2D eigenvalue weighted by Crippen LogP contribution is -1.99.